The zero-order valence-corrected chi connectivity index (χ0v) is 14.3. The Bertz CT molecular complexity index is 935. The molecule has 1 aliphatic carbocycles. The van der Waals surface area contributed by atoms with Gasteiger partial charge in [0, 0.05) is 5.69 Å². The van der Waals surface area contributed by atoms with Crippen LogP contribution in [0.1, 0.15) is 12.5 Å². The first kappa shape index (κ1) is 16.2. The Balaban J connectivity index is 1.71. The van der Waals surface area contributed by atoms with Gasteiger partial charge in [0.1, 0.15) is 17.2 Å². The van der Waals surface area contributed by atoms with Crippen LogP contribution >= 0.6 is 0 Å². The fraction of sp³-hybridized carbons (Fsp3) is 0.200. The quantitative estimate of drug-likeness (QED) is 0.805. The van der Waals surface area contributed by atoms with Crippen LogP contribution in [0.25, 0.3) is 0 Å². The molecule has 1 fully saturated rings. The third-order valence-corrected chi connectivity index (χ3v) is 4.75. The van der Waals surface area contributed by atoms with Crippen molar-refractivity contribution in [2.24, 2.45) is 10.9 Å². The second-order valence-corrected chi connectivity index (χ2v) is 6.35. The molecule has 3 aliphatic rings. The van der Waals surface area contributed by atoms with Crippen LogP contribution < -0.4 is 10.2 Å². The summed E-state index contributed by atoms with van der Waals surface area (Å²) in [6.07, 6.45) is 8.05. The second kappa shape index (κ2) is 6.22. The predicted molar refractivity (Wildman–Crippen MR) is 100 cm³/mol. The maximum atomic E-state index is 12.6. The Labute approximate surface area is 151 Å². The molecule has 0 saturated carbocycles. The highest BCUT2D eigenvalue weighted by Gasteiger charge is 2.37. The minimum absolute atomic E-state index is 0.0627. The van der Waals surface area contributed by atoms with E-state index in [0.717, 1.165) is 12.1 Å². The number of carbonyl (C=O) groups is 2. The van der Waals surface area contributed by atoms with Gasteiger partial charge >= 0.3 is 0 Å². The van der Waals surface area contributed by atoms with Gasteiger partial charge in [-0.1, -0.05) is 37.3 Å². The fourth-order valence-electron chi connectivity index (χ4n) is 3.28. The van der Waals surface area contributed by atoms with Crippen molar-refractivity contribution in [1.82, 2.24) is 5.32 Å². The Morgan fingerprint density at radius 1 is 1.23 bits per heavy atom. The van der Waals surface area contributed by atoms with Crippen LogP contribution in [0.2, 0.25) is 0 Å². The average molecular weight is 346 g/mol. The maximum Gasteiger partial charge on any atom is 0.238 e. The van der Waals surface area contributed by atoms with E-state index in [9.17, 15) is 9.59 Å². The summed E-state index contributed by atoms with van der Waals surface area (Å²) in [6, 6.07) is 7.80. The molecule has 0 spiro atoms. The zero-order valence-electron chi connectivity index (χ0n) is 14.3. The lowest BCUT2D eigenvalue weighted by molar-refractivity contribution is -0.121. The van der Waals surface area contributed by atoms with Gasteiger partial charge in [0.15, 0.2) is 5.78 Å². The highest BCUT2D eigenvalue weighted by atomic mass is 16.2. The molecule has 2 N–H and O–H groups in total. The van der Waals surface area contributed by atoms with Crippen molar-refractivity contribution in [1.29, 1.82) is 5.41 Å². The molecular weight excluding hydrogens is 328 g/mol. The summed E-state index contributed by atoms with van der Waals surface area (Å²) in [5.41, 5.74) is 2.72. The van der Waals surface area contributed by atoms with Gasteiger partial charge in [-0.3, -0.25) is 15.0 Å². The minimum Gasteiger partial charge on any atom is -0.318 e. The van der Waals surface area contributed by atoms with Gasteiger partial charge in [0.05, 0.1) is 18.2 Å². The lowest BCUT2D eigenvalue weighted by Crippen LogP contribution is -2.39. The monoisotopic (exact) mass is 346 g/mol. The summed E-state index contributed by atoms with van der Waals surface area (Å²) in [6.45, 7) is 2.15. The molecule has 26 heavy (non-hydrogen) atoms. The van der Waals surface area contributed by atoms with Crippen molar-refractivity contribution in [3.8, 4) is 0 Å². The van der Waals surface area contributed by atoms with Crippen LogP contribution in [0.5, 0.6) is 0 Å². The molecule has 2 aliphatic heterocycles. The number of anilines is 1. The molecule has 4 rings (SSSR count). The molecule has 0 radical (unpaired) electrons. The molecule has 6 nitrogen and oxygen atoms in total. The number of benzene rings is 1. The number of Topliss-reactive ketones (excluding diaryl/α,β-unsaturated/α-hetero) is 1. The summed E-state index contributed by atoms with van der Waals surface area (Å²) in [4.78, 5) is 31.0. The molecule has 1 saturated heterocycles. The number of amidine groups is 1. The van der Waals surface area contributed by atoms with E-state index in [-0.39, 0.29) is 35.5 Å². The molecule has 0 aromatic heterocycles. The minimum atomic E-state index is -0.437. The van der Waals surface area contributed by atoms with E-state index >= 15 is 0 Å². The van der Waals surface area contributed by atoms with Crippen LogP contribution in [0.3, 0.4) is 0 Å². The molecular formula is C20H18N4O2. The predicted octanol–water partition coefficient (Wildman–Crippen LogP) is 2.14. The first-order valence-corrected chi connectivity index (χ1v) is 8.55. The molecule has 1 aromatic carbocycles. The van der Waals surface area contributed by atoms with Crippen molar-refractivity contribution in [3.63, 3.8) is 0 Å². The number of nitrogens with zero attached hydrogens (tertiary/aromatic N) is 2. The summed E-state index contributed by atoms with van der Waals surface area (Å²) < 4.78 is 0. The number of hydrogen-bond acceptors (Lipinski definition) is 4. The van der Waals surface area contributed by atoms with Crippen molar-refractivity contribution >= 4 is 28.9 Å². The highest BCUT2D eigenvalue weighted by Crippen LogP contribution is 2.27. The largest absolute Gasteiger partial charge is 0.318 e. The third-order valence-electron chi connectivity index (χ3n) is 4.75. The Hall–Kier alpha value is -3.28. The molecule has 130 valence electrons. The van der Waals surface area contributed by atoms with E-state index in [1.54, 1.807) is 29.2 Å². The molecule has 1 aromatic rings. The number of fused-ring (bicyclic) bond motifs is 1. The Morgan fingerprint density at radius 3 is 2.73 bits per heavy atom. The smallest absolute Gasteiger partial charge is 0.238 e. The van der Waals surface area contributed by atoms with E-state index in [4.69, 9.17) is 5.41 Å². The van der Waals surface area contributed by atoms with E-state index in [2.05, 4.69) is 17.2 Å². The first-order valence-electron chi connectivity index (χ1n) is 8.55. The summed E-state index contributed by atoms with van der Waals surface area (Å²) in [5.74, 6) is -0.656. The van der Waals surface area contributed by atoms with Gasteiger partial charge < -0.3 is 10.2 Å². The SMILES string of the molecule is CCc1ccc(N2CC(=O)/C(=C3\N=C4C=CC=CC4C(=O)N3)C2=N)cc1. The number of amides is 1. The summed E-state index contributed by atoms with van der Waals surface area (Å²) in [5, 5.41) is 11.1. The fourth-order valence-corrected chi connectivity index (χ4v) is 3.28. The van der Waals surface area contributed by atoms with Gasteiger partial charge in [-0.05, 0) is 30.2 Å². The van der Waals surface area contributed by atoms with E-state index in [1.807, 2.05) is 24.3 Å². The Kier molecular flexibility index (Phi) is 3.88. The number of nitrogens with one attached hydrogen (secondary N) is 2. The average Bonchev–Trinajstić information content (AvgIpc) is 2.96. The molecule has 1 unspecified atom stereocenters. The number of aliphatic imine (C=N–C) groups is 1. The second-order valence-electron chi connectivity index (χ2n) is 6.35. The van der Waals surface area contributed by atoms with Crippen LogP contribution in [0.15, 0.2) is 65.0 Å². The third kappa shape index (κ3) is 2.60. The number of hydrogen-bond donors (Lipinski definition) is 2. The number of ketones is 1. The van der Waals surface area contributed by atoms with E-state index in [0.29, 0.717) is 5.71 Å². The van der Waals surface area contributed by atoms with Crippen LogP contribution in [0.4, 0.5) is 5.69 Å². The normalized spacial score (nSPS) is 24.7. The van der Waals surface area contributed by atoms with Crippen LogP contribution in [0, 0.1) is 11.3 Å². The van der Waals surface area contributed by atoms with Gasteiger partial charge in [0.2, 0.25) is 5.91 Å². The molecule has 2 heterocycles. The van der Waals surface area contributed by atoms with Gasteiger partial charge in [-0.15, -0.1) is 0 Å². The molecule has 0 bridgehead atoms. The summed E-state index contributed by atoms with van der Waals surface area (Å²) >= 11 is 0. The summed E-state index contributed by atoms with van der Waals surface area (Å²) in [7, 11) is 0. The standard InChI is InChI=1S/C20H18N4O2/c1-2-12-7-9-13(10-8-12)24-11-16(25)17(18(24)21)19-22-15-6-4-3-5-14(15)20(26)23-19/h3-10,14,21H,2,11H2,1H3,(H,23,26)/b19-17-,21-18?. The van der Waals surface area contributed by atoms with Crippen molar-refractivity contribution in [2.45, 2.75) is 13.3 Å². The number of carbonyl (C=O) groups excluding carboxylic acids is 2. The zero-order chi connectivity index (χ0) is 18.3. The van der Waals surface area contributed by atoms with Crippen LogP contribution in [-0.2, 0) is 16.0 Å². The number of rotatable bonds is 2. The molecule has 1 amide bonds. The number of aryl methyl sites for hydroxylation is 1. The van der Waals surface area contributed by atoms with Crippen LogP contribution in [-0.4, -0.2) is 29.8 Å². The van der Waals surface area contributed by atoms with Crippen molar-refractivity contribution in [3.05, 3.63) is 65.5 Å². The topological polar surface area (TPSA) is 85.6 Å². The van der Waals surface area contributed by atoms with Crippen molar-refractivity contribution < 1.29 is 9.59 Å². The maximum absolute atomic E-state index is 12.6. The van der Waals surface area contributed by atoms with Crippen molar-refractivity contribution in [2.75, 3.05) is 11.4 Å². The number of allylic oxidation sites excluding steroid dienone is 3. The molecule has 6 heteroatoms. The van der Waals surface area contributed by atoms with Gasteiger partial charge in [0.25, 0.3) is 0 Å². The molecule has 1 atom stereocenters. The Morgan fingerprint density at radius 2 is 2.00 bits per heavy atom. The lowest BCUT2D eigenvalue weighted by Gasteiger charge is -2.23. The highest BCUT2D eigenvalue weighted by molar-refractivity contribution is 6.34. The van der Waals surface area contributed by atoms with E-state index < -0.39 is 5.92 Å². The van der Waals surface area contributed by atoms with Gasteiger partial charge in [-0.2, -0.15) is 0 Å². The van der Waals surface area contributed by atoms with E-state index in [1.165, 1.54) is 5.56 Å². The van der Waals surface area contributed by atoms with Gasteiger partial charge in [-0.25, -0.2) is 4.99 Å². The lowest BCUT2D eigenvalue weighted by atomic mass is 9.95. The first-order chi connectivity index (χ1) is 12.6.